The highest BCUT2D eigenvalue weighted by Gasteiger charge is 2.43. The number of nitrogens with one attached hydrogen (secondary N) is 1. The first kappa shape index (κ1) is 25.9. The summed E-state index contributed by atoms with van der Waals surface area (Å²) in [6, 6.07) is 0. The lowest BCUT2D eigenvalue weighted by atomic mass is 10.2. The number of hydrogen-bond donors (Lipinski definition) is 2. The van der Waals surface area contributed by atoms with E-state index in [2.05, 4.69) is 4.98 Å². The Labute approximate surface area is 184 Å². The van der Waals surface area contributed by atoms with Crippen LogP contribution < -0.4 is 11.2 Å². The maximum Gasteiger partial charge on any atom is 0.697 e. The van der Waals surface area contributed by atoms with Crippen molar-refractivity contribution < 1.29 is 33.0 Å². The van der Waals surface area contributed by atoms with E-state index >= 15 is 0 Å². The third-order valence-electron chi connectivity index (χ3n) is 4.41. The van der Waals surface area contributed by atoms with E-state index in [4.69, 9.17) is 18.5 Å². The molecule has 0 spiro atoms. The van der Waals surface area contributed by atoms with Crippen LogP contribution in [0.4, 0.5) is 0 Å². The van der Waals surface area contributed by atoms with Crippen LogP contribution in [0.2, 0.25) is 0 Å². The number of nitrogens with zero attached hydrogens (tertiary/aromatic N) is 1. The fourth-order valence-corrected chi connectivity index (χ4v) is 4.19. The van der Waals surface area contributed by atoms with Crippen molar-refractivity contribution in [1.82, 2.24) is 9.55 Å². The molecule has 174 valence electrons. The standard InChI is InChI=1S/C18H27N2O9PS/c1-11(2)17(23)31-7-6-26-4-5-27-30(25)29-13-8-15(28-14(13)10-21)20-9-12(3)16(22)19-18(20)24/h9,11,13-15,21H,4-8,10H2,1-3H3/p+1/t13?,14-,15-/m1/s1. The molecule has 0 radical (unpaired) electrons. The molecule has 2 heterocycles. The van der Waals surface area contributed by atoms with E-state index in [1.54, 1.807) is 6.92 Å². The third kappa shape index (κ3) is 7.90. The Bertz CT molecular complexity index is 872. The number of aliphatic hydroxyl groups excluding tert-OH is 1. The predicted octanol–water partition coefficient (Wildman–Crippen LogP) is 1.12. The lowest BCUT2D eigenvalue weighted by molar-refractivity contribution is -0.113. The van der Waals surface area contributed by atoms with Crippen molar-refractivity contribution in [2.45, 2.75) is 45.6 Å². The van der Waals surface area contributed by atoms with E-state index in [-0.39, 0.29) is 30.7 Å². The van der Waals surface area contributed by atoms with Crippen LogP contribution in [0.15, 0.2) is 15.8 Å². The van der Waals surface area contributed by atoms with Crippen LogP contribution in [0.1, 0.15) is 32.1 Å². The summed E-state index contributed by atoms with van der Waals surface area (Å²) in [5.74, 6) is 0.505. The molecular formula is C18H28N2O9PS+. The number of thioether (sulfide) groups is 1. The zero-order chi connectivity index (χ0) is 23.0. The van der Waals surface area contributed by atoms with Crippen LogP contribution in [-0.4, -0.2) is 64.2 Å². The van der Waals surface area contributed by atoms with Crippen molar-refractivity contribution in [3.05, 3.63) is 32.6 Å². The molecule has 1 aliphatic heterocycles. The van der Waals surface area contributed by atoms with Gasteiger partial charge in [-0.3, -0.25) is 19.1 Å². The van der Waals surface area contributed by atoms with Crippen LogP contribution in [0, 0.1) is 12.8 Å². The van der Waals surface area contributed by atoms with Gasteiger partial charge in [0.25, 0.3) is 5.56 Å². The first-order valence-electron chi connectivity index (χ1n) is 9.82. The number of aromatic amines is 1. The van der Waals surface area contributed by atoms with Gasteiger partial charge in [0.1, 0.15) is 25.0 Å². The molecule has 1 aromatic heterocycles. The Morgan fingerprint density at radius 3 is 2.81 bits per heavy atom. The fraction of sp³-hybridized carbons (Fsp3) is 0.722. The summed E-state index contributed by atoms with van der Waals surface area (Å²) in [6.45, 7) is 5.38. The van der Waals surface area contributed by atoms with Crippen LogP contribution in [0.25, 0.3) is 0 Å². The molecular weight excluding hydrogens is 451 g/mol. The van der Waals surface area contributed by atoms with Gasteiger partial charge in [-0.05, 0) is 6.92 Å². The summed E-state index contributed by atoms with van der Waals surface area (Å²) in [5.41, 5.74) is -0.812. The summed E-state index contributed by atoms with van der Waals surface area (Å²) in [7, 11) is -2.50. The number of H-pyrrole nitrogens is 1. The minimum Gasteiger partial charge on any atom is -0.394 e. The lowest BCUT2D eigenvalue weighted by Crippen LogP contribution is -2.33. The lowest BCUT2D eigenvalue weighted by Gasteiger charge is -2.14. The zero-order valence-corrected chi connectivity index (χ0v) is 19.4. The Kier molecular flexibility index (Phi) is 10.5. The van der Waals surface area contributed by atoms with Gasteiger partial charge >= 0.3 is 13.9 Å². The Morgan fingerprint density at radius 2 is 2.13 bits per heavy atom. The SMILES string of the molecule is Cc1cn([C@H]2CC(O[P+](=O)OCCOCCSC(=O)C(C)C)[C@@H](CO)O2)c(=O)[nH]c1=O. The molecule has 0 aromatic carbocycles. The molecule has 1 aromatic rings. The van der Waals surface area contributed by atoms with Crippen LogP contribution >= 0.6 is 20.0 Å². The molecule has 1 aliphatic rings. The predicted molar refractivity (Wildman–Crippen MR) is 113 cm³/mol. The van der Waals surface area contributed by atoms with Gasteiger partial charge in [0.05, 0.1) is 19.8 Å². The number of rotatable bonds is 12. The topological polar surface area (TPSA) is 146 Å². The van der Waals surface area contributed by atoms with Gasteiger partial charge in [-0.15, -0.1) is 9.05 Å². The molecule has 0 bridgehead atoms. The van der Waals surface area contributed by atoms with Crippen molar-refractivity contribution in [2.24, 2.45) is 5.92 Å². The average molecular weight is 479 g/mol. The summed E-state index contributed by atoms with van der Waals surface area (Å²) in [5, 5.41) is 9.62. The van der Waals surface area contributed by atoms with Crippen LogP contribution in [0.3, 0.4) is 0 Å². The largest absolute Gasteiger partial charge is 0.697 e. The van der Waals surface area contributed by atoms with E-state index in [9.17, 15) is 24.1 Å². The molecule has 4 atom stereocenters. The van der Waals surface area contributed by atoms with Crippen LogP contribution in [0.5, 0.6) is 0 Å². The highest BCUT2D eigenvalue weighted by molar-refractivity contribution is 8.13. The Hall–Kier alpha value is -1.40. The molecule has 11 nitrogen and oxygen atoms in total. The van der Waals surface area contributed by atoms with Crippen molar-refractivity contribution in [1.29, 1.82) is 0 Å². The minimum absolute atomic E-state index is 0.0248. The van der Waals surface area contributed by atoms with E-state index < -0.39 is 44.5 Å². The third-order valence-corrected chi connectivity index (χ3v) is 6.37. The zero-order valence-electron chi connectivity index (χ0n) is 17.6. The number of aromatic nitrogens is 2. The van der Waals surface area contributed by atoms with Gasteiger partial charge in [-0.2, -0.15) is 0 Å². The van der Waals surface area contributed by atoms with Crippen molar-refractivity contribution >= 4 is 25.1 Å². The molecule has 31 heavy (non-hydrogen) atoms. The van der Waals surface area contributed by atoms with E-state index in [0.717, 1.165) is 0 Å². The molecule has 2 rings (SSSR count). The molecule has 2 N–H and O–H groups in total. The molecule has 0 aliphatic carbocycles. The first-order chi connectivity index (χ1) is 14.7. The first-order valence-corrected chi connectivity index (χ1v) is 11.9. The summed E-state index contributed by atoms with van der Waals surface area (Å²) in [4.78, 5) is 37.2. The van der Waals surface area contributed by atoms with Gasteiger partial charge in [0.2, 0.25) is 0 Å². The monoisotopic (exact) mass is 479 g/mol. The van der Waals surface area contributed by atoms with Gasteiger partial charge < -0.3 is 14.6 Å². The Balaban J connectivity index is 1.75. The molecule has 1 fully saturated rings. The number of carbonyl (C=O) groups is 1. The van der Waals surface area contributed by atoms with Crippen LogP contribution in [-0.2, 0) is 27.9 Å². The molecule has 13 heteroatoms. The van der Waals surface area contributed by atoms with Crippen molar-refractivity contribution in [3.63, 3.8) is 0 Å². The highest BCUT2D eigenvalue weighted by Crippen LogP contribution is 2.36. The van der Waals surface area contributed by atoms with E-state index in [1.807, 2.05) is 13.8 Å². The number of aryl methyl sites for hydroxylation is 1. The summed E-state index contributed by atoms with van der Waals surface area (Å²) >= 11 is 1.21. The second-order valence-corrected chi connectivity index (χ2v) is 9.18. The summed E-state index contributed by atoms with van der Waals surface area (Å²) < 4.78 is 34.7. The molecule has 0 saturated carbocycles. The number of hydrogen-bond acceptors (Lipinski definition) is 10. The Morgan fingerprint density at radius 1 is 1.39 bits per heavy atom. The average Bonchev–Trinajstić information content (AvgIpc) is 3.12. The summed E-state index contributed by atoms with van der Waals surface area (Å²) in [6.07, 6.45) is -0.860. The van der Waals surface area contributed by atoms with Gasteiger partial charge in [-0.25, -0.2) is 4.79 Å². The van der Waals surface area contributed by atoms with Crippen molar-refractivity contribution in [2.75, 3.05) is 32.2 Å². The quantitative estimate of drug-likeness (QED) is 0.330. The van der Waals surface area contributed by atoms with Crippen molar-refractivity contribution in [3.8, 4) is 0 Å². The van der Waals surface area contributed by atoms with E-state index in [0.29, 0.717) is 17.9 Å². The second kappa shape index (κ2) is 12.6. The molecule has 1 saturated heterocycles. The smallest absolute Gasteiger partial charge is 0.394 e. The normalized spacial score (nSPS) is 21.6. The number of aliphatic hydroxyl groups is 1. The van der Waals surface area contributed by atoms with Gasteiger partial charge in [0.15, 0.2) is 5.12 Å². The molecule has 2 unspecified atom stereocenters. The fourth-order valence-electron chi connectivity index (χ4n) is 2.73. The maximum absolute atomic E-state index is 12.1. The minimum atomic E-state index is -2.50. The molecule has 0 amide bonds. The maximum atomic E-state index is 12.1. The number of carbonyl (C=O) groups excluding carboxylic acids is 1. The van der Waals surface area contributed by atoms with Gasteiger partial charge in [0, 0.05) is 34.4 Å². The van der Waals surface area contributed by atoms with E-state index in [1.165, 1.54) is 22.5 Å². The van der Waals surface area contributed by atoms with Gasteiger partial charge in [-0.1, -0.05) is 25.6 Å². The highest BCUT2D eigenvalue weighted by atomic mass is 32.2. The number of ether oxygens (including phenoxy) is 2. The second-order valence-electron chi connectivity index (χ2n) is 7.16.